The van der Waals surface area contributed by atoms with Gasteiger partial charge in [-0.1, -0.05) is 11.6 Å². The number of rotatable bonds is 6. The summed E-state index contributed by atoms with van der Waals surface area (Å²) in [6.07, 6.45) is -1.54. The standard InChI is InChI=1S/C17H27ClF3N5.HI/c1-4-22-16(25(3)11-15-7-14(18)10-24(15)2)23-8-13-5-6-26(9-13)12-17(19,20)21;/h7,10,13H,4-6,8-9,11-12H2,1-3H3,(H,22,23);1H. The fourth-order valence-corrected chi connectivity index (χ4v) is 3.46. The maximum Gasteiger partial charge on any atom is 0.401 e. The van der Waals surface area contributed by atoms with Gasteiger partial charge in [0, 0.05) is 45.6 Å². The molecule has 5 nitrogen and oxygen atoms in total. The summed E-state index contributed by atoms with van der Waals surface area (Å²) in [5.74, 6) is 0.906. The fourth-order valence-electron chi connectivity index (χ4n) is 3.19. The Morgan fingerprint density at radius 3 is 2.70 bits per heavy atom. The predicted molar refractivity (Wildman–Crippen MR) is 114 cm³/mol. The summed E-state index contributed by atoms with van der Waals surface area (Å²) in [4.78, 5) is 8.10. The normalized spacial score (nSPS) is 18.5. The van der Waals surface area contributed by atoms with Crippen LogP contribution in [0.4, 0.5) is 13.2 Å². The van der Waals surface area contributed by atoms with Crippen molar-refractivity contribution < 1.29 is 13.2 Å². The van der Waals surface area contributed by atoms with Crippen LogP contribution in [0.1, 0.15) is 19.0 Å². The summed E-state index contributed by atoms with van der Waals surface area (Å²) in [7, 11) is 3.87. The number of hydrogen-bond donors (Lipinski definition) is 1. The van der Waals surface area contributed by atoms with Gasteiger partial charge in [-0.2, -0.15) is 13.2 Å². The lowest BCUT2D eigenvalue weighted by Gasteiger charge is -2.23. The van der Waals surface area contributed by atoms with Gasteiger partial charge < -0.3 is 14.8 Å². The third-order valence-corrected chi connectivity index (χ3v) is 4.65. The average molecular weight is 522 g/mol. The molecule has 0 saturated carbocycles. The highest BCUT2D eigenvalue weighted by Gasteiger charge is 2.34. The van der Waals surface area contributed by atoms with E-state index in [1.807, 2.05) is 42.7 Å². The highest BCUT2D eigenvalue weighted by molar-refractivity contribution is 14.0. The zero-order valence-electron chi connectivity index (χ0n) is 15.9. The molecule has 0 bridgehead atoms. The van der Waals surface area contributed by atoms with E-state index in [9.17, 15) is 13.2 Å². The van der Waals surface area contributed by atoms with Crippen molar-refractivity contribution in [3.63, 3.8) is 0 Å². The molecular weight excluding hydrogens is 494 g/mol. The summed E-state index contributed by atoms with van der Waals surface area (Å²) in [6, 6.07) is 1.91. The van der Waals surface area contributed by atoms with E-state index >= 15 is 0 Å². The van der Waals surface area contributed by atoms with Gasteiger partial charge in [-0.15, -0.1) is 24.0 Å². The number of nitrogens with one attached hydrogen (secondary N) is 1. The fraction of sp³-hybridized carbons (Fsp3) is 0.706. The first-order valence-electron chi connectivity index (χ1n) is 8.77. The molecule has 1 aromatic heterocycles. The van der Waals surface area contributed by atoms with E-state index in [1.54, 1.807) is 0 Å². The molecule has 27 heavy (non-hydrogen) atoms. The third-order valence-electron chi connectivity index (χ3n) is 4.44. The molecular formula is C17H28ClF3IN5. The lowest BCUT2D eigenvalue weighted by Crippen LogP contribution is -2.39. The Morgan fingerprint density at radius 2 is 2.15 bits per heavy atom. The summed E-state index contributed by atoms with van der Waals surface area (Å²) >= 11 is 6.03. The molecule has 1 aliphatic heterocycles. The summed E-state index contributed by atoms with van der Waals surface area (Å²) in [5.41, 5.74) is 1.06. The lowest BCUT2D eigenvalue weighted by atomic mass is 10.1. The Morgan fingerprint density at radius 1 is 1.44 bits per heavy atom. The van der Waals surface area contributed by atoms with E-state index in [-0.39, 0.29) is 29.9 Å². The second kappa shape index (κ2) is 10.8. The maximum atomic E-state index is 12.5. The molecule has 156 valence electrons. The van der Waals surface area contributed by atoms with E-state index in [4.69, 9.17) is 11.6 Å². The minimum absolute atomic E-state index is 0. The van der Waals surface area contributed by atoms with Gasteiger partial charge in [0.1, 0.15) is 0 Å². The summed E-state index contributed by atoms with van der Waals surface area (Å²) < 4.78 is 39.5. The molecule has 1 unspecified atom stereocenters. The monoisotopic (exact) mass is 521 g/mol. The molecule has 10 heteroatoms. The van der Waals surface area contributed by atoms with Crippen molar-refractivity contribution in [2.45, 2.75) is 26.1 Å². The van der Waals surface area contributed by atoms with Gasteiger partial charge in [-0.25, -0.2) is 0 Å². The number of hydrogen-bond acceptors (Lipinski definition) is 2. The van der Waals surface area contributed by atoms with Crippen molar-refractivity contribution in [2.75, 3.05) is 39.8 Å². The van der Waals surface area contributed by atoms with Crippen LogP contribution in [-0.2, 0) is 13.6 Å². The number of aromatic nitrogens is 1. The largest absolute Gasteiger partial charge is 0.401 e. The van der Waals surface area contributed by atoms with Gasteiger partial charge in [-0.05, 0) is 31.9 Å². The SMILES string of the molecule is CCNC(=NCC1CCN(CC(F)(F)F)C1)N(C)Cc1cc(Cl)cn1C.I. The molecule has 0 aliphatic carbocycles. The number of nitrogens with zero attached hydrogens (tertiary/aromatic N) is 4. The zero-order chi connectivity index (χ0) is 19.3. The van der Waals surface area contributed by atoms with Crippen LogP contribution in [0.3, 0.4) is 0 Å². The van der Waals surface area contributed by atoms with Crippen molar-refractivity contribution >= 4 is 41.5 Å². The molecule has 0 spiro atoms. The molecule has 0 radical (unpaired) electrons. The Hall–Kier alpha value is -0.680. The highest BCUT2D eigenvalue weighted by atomic mass is 127. The number of guanidine groups is 1. The predicted octanol–water partition coefficient (Wildman–Crippen LogP) is 3.58. The molecule has 1 fully saturated rings. The van der Waals surface area contributed by atoms with Crippen LogP contribution in [0, 0.1) is 5.92 Å². The Bertz CT molecular complexity index is 620. The Kier molecular flexibility index (Phi) is 9.70. The van der Waals surface area contributed by atoms with Gasteiger partial charge in [0.2, 0.25) is 0 Å². The van der Waals surface area contributed by atoms with Crippen molar-refractivity contribution in [3.05, 3.63) is 23.0 Å². The Labute approximate surface area is 180 Å². The Balaban J connectivity index is 0.00000364. The second-order valence-electron chi connectivity index (χ2n) is 6.82. The molecule has 1 saturated heterocycles. The van der Waals surface area contributed by atoms with Crippen molar-refractivity contribution in [3.8, 4) is 0 Å². The third kappa shape index (κ3) is 8.06. The number of aryl methyl sites for hydroxylation is 1. The quantitative estimate of drug-likeness (QED) is 0.353. The topological polar surface area (TPSA) is 35.8 Å². The van der Waals surface area contributed by atoms with Crippen LogP contribution in [0.25, 0.3) is 0 Å². The second-order valence-corrected chi connectivity index (χ2v) is 7.25. The van der Waals surface area contributed by atoms with E-state index in [2.05, 4.69) is 10.3 Å². The molecule has 2 rings (SSSR count). The highest BCUT2D eigenvalue weighted by Crippen LogP contribution is 2.23. The van der Waals surface area contributed by atoms with Crippen molar-refractivity contribution in [1.82, 2.24) is 19.7 Å². The van der Waals surface area contributed by atoms with Gasteiger partial charge in [0.25, 0.3) is 0 Å². The first kappa shape index (κ1) is 24.4. The van der Waals surface area contributed by atoms with Crippen LogP contribution in [0.5, 0.6) is 0 Å². The van der Waals surface area contributed by atoms with Crippen LogP contribution in [0.15, 0.2) is 17.3 Å². The minimum atomic E-state index is -4.14. The van der Waals surface area contributed by atoms with E-state index < -0.39 is 12.7 Å². The average Bonchev–Trinajstić information content (AvgIpc) is 3.08. The van der Waals surface area contributed by atoms with Gasteiger partial charge >= 0.3 is 6.18 Å². The smallest absolute Gasteiger partial charge is 0.357 e. The zero-order valence-corrected chi connectivity index (χ0v) is 19.0. The first-order valence-corrected chi connectivity index (χ1v) is 9.15. The molecule has 1 aliphatic rings. The number of aliphatic imine (C=N–C) groups is 1. The minimum Gasteiger partial charge on any atom is -0.357 e. The van der Waals surface area contributed by atoms with E-state index in [0.717, 1.165) is 24.6 Å². The number of alkyl halides is 3. The van der Waals surface area contributed by atoms with Gasteiger partial charge in [0.15, 0.2) is 5.96 Å². The first-order chi connectivity index (χ1) is 12.2. The molecule has 1 atom stereocenters. The van der Waals surface area contributed by atoms with Crippen molar-refractivity contribution in [2.24, 2.45) is 18.0 Å². The number of halogens is 5. The van der Waals surface area contributed by atoms with Crippen LogP contribution < -0.4 is 5.32 Å². The molecule has 0 amide bonds. The van der Waals surface area contributed by atoms with Gasteiger partial charge in [0.05, 0.1) is 18.1 Å². The summed E-state index contributed by atoms with van der Waals surface area (Å²) in [6.45, 7) is 3.97. The number of likely N-dealkylation sites (tertiary alicyclic amines) is 1. The molecule has 1 N–H and O–H groups in total. The van der Waals surface area contributed by atoms with Gasteiger partial charge in [-0.3, -0.25) is 9.89 Å². The lowest BCUT2D eigenvalue weighted by molar-refractivity contribution is -0.143. The molecule has 1 aromatic rings. The molecule has 0 aromatic carbocycles. The van der Waals surface area contributed by atoms with E-state index in [0.29, 0.717) is 31.2 Å². The van der Waals surface area contributed by atoms with E-state index in [1.165, 1.54) is 4.90 Å². The van der Waals surface area contributed by atoms with Crippen molar-refractivity contribution in [1.29, 1.82) is 0 Å². The maximum absolute atomic E-state index is 12.5. The summed E-state index contributed by atoms with van der Waals surface area (Å²) in [5, 5.41) is 3.93. The van der Waals surface area contributed by atoms with Crippen LogP contribution in [0.2, 0.25) is 5.02 Å². The molecule has 2 heterocycles. The van der Waals surface area contributed by atoms with Crippen LogP contribution in [-0.4, -0.2) is 66.3 Å². The van der Waals surface area contributed by atoms with Crippen LogP contribution >= 0.6 is 35.6 Å².